The van der Waals surface area contributed by atoms with Crippen LogP contribution in [-0.4, -0.2) is 86.7 Å². The van der Waals surface area contributed by atoms with Crippen LogP contribution in [0.1, 0.15) is 17.3 Å². The minimum atomic E-state index is -0.635. The van der Waals surface area contributed by atoms with E-state index in [4.69, 9.17) is 18.9 Å². The van der Waals surface area contributed by atoms with E-state index in [9.17, 15) is 14.4 Å². The van der Waals surface area contributed by atoms with Crippen molar-refractivity contribution in [2.75, 3.05) is 44.8 Å². The SMILES string of the molecule is CC(=O)c1ccc(NC(=O)OC2COC3C(NC(=O)N4CCOCC4)COC23)cc1. The Kier molecular flexibility index (Phi) is 6.16. The van der Waals surface area contributed by atoms with Crippen molar-refractivity contribution in [3.05, 3.63) is 29.8 Å². The monoisotopic (exact) mass is 419 g/mol. The van der Waals surface area contributed by atoms with Crippen LogP contribution in [0.5, 0.6) is 0 Å². The number of anilines is 1. The second-order valence-corrected chi connectivity index (χ2v) is 7.45. The van der Waals surface area contributed by atoms with Crippen LogP contribution >= 0.6 is 0 Å². The van der Waals surface area contributed by atoms with Crippen molar-refractivity contribution in [3.63, 3.8) is 0 Å². The van der Waals surface area contributed by atoms with Gasteiger partial charge in [0.15, 0.2) is 11.9 Å². The number of morpholine rings is 1. The molecule has 0 radical (unpaired) electrons. The molecule has 0 saturated carbocycles. The van der Waals surface area contributed by atoms with Gasteiger partial charge in [-0.2, -0.15) is 0 Å². The smallest absolute Gasteiger partial charge is 0.412 e. The molecule has 3 aliphatic rings. The molecular formula is C20H25N3O7. The first-order valence-electron chi connectivity index (χ1n) is 9.96. The van der Waals surface area contributed by atoms with Crippen LogP contribution in [0.3, 0.4) is 0 Å². The quantitative estimate of drug-likeness (QED) is 0.700. The predicted octanol–water partition coefficient (Wildman–Crippen LogP) is 1.01. The van der Waals surface area contributed by atoms with Crippen molar-refractivity contribution < 1.29 is 33.3 Å². The number of hydrogen-bond donors (Lipinski definition) is 2. The molecular weight excluding hydrogens is 394 g/mol. The number of amides is 3. The number of urea groups is 1. The van der Waals surface area contributed by atoms with Crippen LogP contribution in [0.2, 0.25) is 0 Å². The highest BCUT2D eigenvalue weighted by Crippen LogP contribution is 2.29. The maximum absolute atomic E-state index is 12.4. The molecule has 2 N–H and O–H groups in total. The number of nitrogens with one attached hydrogen (secondary N) is 2. The first kappa shape index (κ1) is 20.6. The van der Waals surface area contributed by atoms with Gasteiger partial charge in [-0.05, 0) is 31.2 Å². The van der Waals surface area contributed by atoms with Crippen molar-refractivity contribution in [1.82, 2.24) is 10.2 Å². The lowest BCUT2D eigenvalue weighted by Crippen LogP contribution is -2.52. The molecule has 4 rings (SSSR count). The van der Waals surface area contributed by atoms with Crippen molar-refractivity contribution in [2.45, 2.75) is 31.3 Å². The van der Waals surface area contributed by atoms with E-state index in [0.29, 0.717) is 44.2 Å². The van der Waals surface area contributed by atoms with Crippen molar-refractivity contribution in [1.29, 1.82) is 0 Å². The third-order valence-corrected chi connectivity index (χ3v) is 5.41. The molecule has 1 aromatic carbocycles. The highest BCUT2D eigenvalue weighted by atomic mass is 16.6. The van der Waals surface area contributed by atoms with Gasteiger partial charge in [0.25, 0.3) is 0 Å². The van der Waals surface area contributed by atoms with Gasteiger partial charge < -0.3 is 29.2 Å². The van der Waals surface area contributed by atoms with E-state index in [0.717, 1.165) is 0 Å². The van der Waals surface area contributed by atoms with Gasteiger partial charge in [0.1, 0.15) is 12.2 Å². The fraction of sp³-hybridized carbons (Fsp3) is 0.550. The van der Waals surface area contributed by atoms with Crippen molar-refractivity contribution >= 4 is 23.6 Å². The van der Waals surface area contributed by atoms with Crippen LogP contribution in [-0.2, 0) is 18.9 Å². The topological polar surface area (TPSA) is 115 Å². The van der Waals surface area contributed by atoms with E-state index < -0.39 is 18.3 Å². The summed E-state index contributed by atoms with van der Waals surface area (Å²) in [5, 5.41) is 5.58. The van der Waals surface area contributed by atoms with E-state index in [1.165, 1.54) is 6.92 Å². The first-order chi connectivity index (χ1) is 14.5. The molecule has 10 heteroatoms. The lowest BCUT2D eigenvalue weighted by molar-refractivity contribution is 0.00852. The molecule has 162 valence electrons. The Hall–Kier alpha value is -2.69. The summed E-state index contributed by atoms with van der Waals surface area (Å²) in [5.74, 6) is -0.0491. The number of fused-ring (bicyclic) bond motifs is 1. The van der Waals surface area contributed by atoms with Gasteiger partial charge in [0, 0.05) is 24.3 Å². The summed E-state index contributed by atoms with van der Waals surface area (Å²) in [4.78, 5) is 37.7. The molecule has 3 aliphatic heterocycles. The van der Waals surface area contributed by atoms with Gasteiger partial charge in [-0.25, -0.2) is 9.59 Å². The maximum atomic E-state index is 12.4. The van der Waals surface area contributed by atoms with Gasteiger partial charge in [-0.15, -0.1) is 0 Å². The summed E-state index contributed by atoms with van der Waals surface area (Å²) in [7, 11) is 0. The number of carbonyl (C=O) groups is 3. The second-order valence-electron chi connectivity index (χ2n) is 7.45. The van der Waals surface area contributed by atoms with E-state index in [1.807, 2.05) is 0 Å². The molecule has 3 fully saturated rings. The van der Waals surface area contributed by atoms with Gasteiger partial charge in [-0.3, -0.25) is 10.1 Å². The number of carbonyl (C=O) groups excluding carboxylic acids is 3. The Morgan fingerprint density at radius 2 is 1.73 bits per heavy atom. The highest BCUT2D eigenvalue weighted by molar-refractivity contribution is 5.95. The number of Topliss-reactive ketones (excluding diaryl/α,β-unsaturated/α-hetero) is 1. The largest absolute Gasteiger partial charge is 0.441 e. The van der Waals surface area contributed by atoms with E-state index in [-0.39, 0.29) is 30.6 Å². The Morgan fingerprint density at radius 1 is 1.03 bits per heavy atom. The van der Waals surface area contributed by atoms with E-state index in [2.05, 4.69) is 10.6 Å². The Bertz CT molecular complexity index is 794. The Morgan fingerprint density at radius 3 is 2.43 bits per heavy atom. The average molecular weight is 419 g/mol. The molecule has 3 saturated heterocycles. The van der Waals surface area contributed by atoms with Crippen LogP contribution in [0.4, 0.5) is 15.3 Å². The fourth-order valence-corrected chi connectivity index (χ4v) is 3.78. The molecule has 0 spiro atoms. The van der Waals surface area contributed by atoms with Gasteiger partial charge in [0.05, 0.1) is 32.5 Å². The minimum Gasteiger partial charge on any atom is -0.441 e. The summed E-state index contributed by atoms with van der Waals surface area (Å²) in [6.45, 7) is 4.11. The van der Waals surface area contributed by atoms with Gasteiger partial charge >= 0.3 is 12.1 Å². The van der Waals surface area contributed by atoms with Crippen LogP contribution in [0, 0.1) is 0 Å². The summed E-state index contributed by atoms with van der Waals surface area (Å²) in [5.41, 5.74) is 1.08. The molecule has 3 amide bonds. The molecule has 0 bridgehead atoms. The van der Waals surface area contributed by atoms with Gasteiger partial charge in [0.2, 0.25) is 0 Å². The second kappa shape index (κ2) is 8.99. The molecule has 30 heavy (non-hydrogen) atoms. The molecule has 4 unspecified atom stereocenters. The predicted molar refractivity (Wildman–Crippen MR) is 105 cm³/mol. The number of rotatable bonds is 4. The fourth-order valence-electron chi connectivity index (χ4n) is 3.78. The zero-order valence-electron chi connectivity index (χ0n) is 16.7. The lowest BCUT2D eigenvalue weighted by Gasteiger charge is -2.29. The normalized spacial score (nSPS) is 28.0. The molecule has 0 aromatic heterocycles. The van der Waals surface area contributed by atoms with Crippen LogP contribution in [0.25, 0.3) is 0 Å². The molecule has 0 aliphatic carbocycles. The van der Waals surface area contributed by atoms with E-state index >= 15 is 0 Å². The highest BCUT2D eigenvalue weighted by Gasteiger charge is 2.50. The molecule has 4 atom stereocenters. The van der Waals surface area contributed by atoms with Crippen LogP contribution < -0.4 is 10.6 Å². The summed E-state index contributed by atoms with van der Waals surface area (Å²) in [6, 6.07) is 6.06. The third-order valence-electron chi connectivity index (χ3n) is 5.41. The third kappa shape index (κ3) is 4.55. The van der Waals surface area contributed by atoms with E-state index in [1.54, 1.807) is 29.2 Å². The number of ketones is 1. The summed E-state index contributed by atoms with van der Waals surface area (Å²) < 4.78 is 22.2. The molecule has 3 heterocycles. The molecule has 10 nitrogen and oxygen atoms in total. The van der Waals surface area contributed by atoms with Crippen molar-refractivity contribution in [3.8, 4) is 0 Å². The molecule has 1 aromatic rings. The minimum absolute atomic E-state index is 0.0491. The number of ether oxygens (including phenoxy) is 4. The standard InChI is InChI=1S/C20H25N3O7/c1-12(24)13-2-4-14(5-3-13)21-20(26)30-16-11-29-17-15(10-28-18(16)17)22-19(25)23-6-8-27-9-7-23/h2-5,15-18H,6-11H2,1H3,(H,21,26)(H,22,25). The van der Waals surface area contributed by atoms with Crippen molar-refractivity contribution in [2.24, 2.45) is 0 Å². The summed E-state index contributed by atoms with van der Waals surface area (Å²) >= 11 is 0. The average Bonchev–Trinajstić information content (AvgIpc) is 3.32. The number of hydrogen-bond acceptors (Lipinski definition) is 7. The summed E-state index contributed by atoms with van der Waals surface area (Å²) in [6.07, 6.45) is -2.02. The van der Waals surface area contributed by atoms with Crippen LogP contribution in [0.15, 0.2) is 24.3 Å². The Balaban J connectivity index is 1.27. The maximum Gasteiger partial charge on any atom is 0.412 e. The zero-order chi connectivity index (χ0) is 21.1. The van der Waals surface area contributed by atoms with Gasteiger partial charge in [-0.1, -0.05) is 0 Å². The number of nitrogens with zero attached hydrogens (tertiary/aromatic N) is 1. The zero-order valence-corrected chi connectivity index (χ0v) is 16.7. The first-order valence-corrected chi connectivity index (χ1v) is 9.96. The number of benzene rings is 1. The lowest BCUT2D eigenvalue weighted by atomic mass is 10.1. The Labute approximate surface area is 173 Å².